The van der Waals surface area contributed by atoms with Gasteiger partial charge in [0.25, 0.3) is 0 Å². The quantitative estimate of drug-likeness (QED) is 0.747. The highest BCUT2D eigenvalue weighted by Crippen LogP contribution is 2.42. The number of carbonyl (C=O) groups is 1. The average molecular weight is 232 g/mol. The Hall–Kier alpha value is -1.51. The van der Waals surface area contributed by atoms with Crippen LogP contribution in [0.4, 0.5) is 0 Å². The number of ketones is 1. The van der Waals surface area contributed by atoms with Gasteiger partial charge in [0, 0.05) is 12.8 Å². The first kappa shape index (κ1) is 10.6. The molecule has 1 fully saturated rings. The molecule has 0 amide bonds. The number of hydrogen-bond donors (Lipinski definition) is 0. The fourth-order valence-electron chi connectivity index (χ4n) is 2.64. The number of carbonyl (C=O) groups excluding carboxylic acids is 1. The fourth-order valence-corrected chi connectivity index (χ4v) is 2.64. The van der Waals surface area contributed by atoms with Crippen molar-refractivity contribution in [2.24, 2.45) is 0 Å². The zero-order valence-corrected chi connectivity index (χ0v) is 9.99. The minimum Gasteiger partial charge on any atom is -0.454 e. The Balaban J connectivity index is 1.90. The van der Waals surface area contributed by atoms with Crippen molar-refractivity contribution in [3.05, 3.63) is 23.8 Å². The van der Waals surface area contributed by atoms with Gasteiger partial charge >= 0.3 is 0 Å². The van der Waals surface area contributed by atoms with E-state index in [2.05, 4.69) is 19.1 Å². The molecule has 3 rings (SSSR count). The molecule has 1 aliphatic heterocycles. The molecule has 1 aliphatic carbocycles. The molecule has 2 aliphatic rings. The number of benzene rings is 1. The number of rotatable bonds is 1. The van der Waals surface area contributed by atoms with E-state index in [9.17, 15) is 4.79 Å². The van der Waals surface area contributed by atoms with Gasteiger partial charge in [0.1, 0.15) is 5.78 Å². The smallest absolute Gasteiger partial charge is 0.231 e. The van der Waals surface area contributed by atoms with E-state index in [4.69, 9.17) is 9.47 Å². The lowest BCUT2D eigenvalue weighted by atomic mass is 9.70. The summed E-state index contributed by atoms with van der Waals surface area (Å²) in [5.41, 5.74) is 1.36. The zero-order valence-electron chi connectivity index (χ0n) is 9.99. The van der Waals surface area contributed by atoms with Crippen LogP contribution >= 0.6 is 0 Å². The Morgan fingerprint density at radius 1 is 1.12 bits per heavy atom. The van der Waals surface area contributed by atoms with Crippen LogP contribution in [0.5, 0.6) is 11.5 Å². The minimum absolute atomic E-state index is 0.106. The molecule has 0 N–H and O–H groups in total. The van der Waals surface area contributed by atoms with Crippen LogP contribution in [0.15, 0.2) is 18.2 Å². The summed E-state index contributed by atoms with van der Waals surface area (Å²) in [7, 11) is 0. The van der Waals surface area contributed by atoms with Crippen LogP contribution in [0, 0.1) is 0 Å². The third-order valence-electron chi connectivity index (χ3n) is 3.98. The Morgan fingerprint density at radius 2 is 1.82 bits per heavy atom. The Labute approximate surface area is 101 Å². The molecular weight excluding hydrogens is 216 g/mol. The van der Waals surface area contributed by atoms with Gasteiger partial charge in [-0.1, -0.05) is 13.0 Å². The highest BCUT2D eigenvalue weighted by atomic mass is 16.7. The summed E-state index contributed by atoms with van der Waals surface area (Å²) in [6.07, 6.45) is 3.27. The second-order valence-electron chi connectivity index (χ2n) is 5.17. The molecule has 1 heterocycles. The Bertz CT molecular complexity index is 455. The van der Waals surface area contributed by atoms with E-state index in [1.54, 1.807) is 0 Å². The third kappa shape index (κ3) is 1.79. The molecule has 1 aromatic carbocycles. The second-order valence-corrected chi connectivity index (χ2v) is 5.17. The largest absolute Gasteiger partial charge is 0.454 e. The number of ether oxygens (including phenoxy) is 2. The van der Waals surface area contributed by atoms with Crippen molar-refractivity contribution in [1.82, 2.24) is 0 Å². The standard InChI is InChI=1S/C14H16O3/c1-14(6-4-11(15)5-7-14)10-2-3-12-13(8-10)17-9-16-12/h2-3,8H,4-7,9H2,1H3. The van der Waals surface area contributed by atoms with Gasteiger partial charge in [-0.25, -0.2) is 0 Å². The maximum atomic E-state index is 11.3. The lowest BCUT2D eigenvalue weighted by Gasteiger charge is -2.33. The van der Waals surface area contributed by atoms with Crippen LogP contribution in [-0.4, -0.2) is 12.6 Å². The van der Waals surface area contributed by atoms with E-state index >= 15 is 0 Å². The second kappa shape index (κ2) is 3.76. The van der Waals surface area contributed by atoms with E-state index in [0.717, 1.165) is 24.3 Å². The number of Topliss-reactive ketones (excluding diaryl/α,β-unsaturated/α-hetero) is 1. The van der Waals surface area contributed by atoms with Crippen LogP contribution in [0.2, 0.25) is 0 Å². The molecule has 0 aromatic heterocycles. The molecule has 0 unspecified atom stereocenters. The molecule has 1 aromatic rings. The molecular formula is C14H16O3. The molecule has 3 heteroatoms. The molecule has 0 radical (unpaired) electrons. The highest BCUT2D eigenvalue weighted by Gasteiger charge is 2.32. The van der Waals surface area contributed by atoms with Crippen molar-refractivity contribution < 1.29 is 14.3 Å². The zero-order chi connectivity index (χ0) is 11.9. The highest BCUT2D eigenvalue weighted by molar-refractivity contribution is 5.79. The SMILES string of the molecule is CC1(c2ccc3c(c2)OCO3)CCC(=O)CC1. The van der Waals surface area contributed by atoms with Crippen molar-refractivity contribution in [3.63, 3.8) is 0 Å². The average Bonchev–Trinajstić information content (AvgIpc) is 2.80. The molecule has 3 nitrogen and oxygen atoms in total. The van der Waals surface area contributed by atoms with E-state index in [-0.39, 0.29) is 5.41 Å². The number of fused-ring (bicyclic) bond motifs is 1. The normalized spacial score (nSPS) is 21.6. The van der Waals surface area contributed by atoms with Crippen LogP contribution in [0.1, 0.15) is 38.2 Å². The Kier molecular flexibility index (Phi) is 2.35. The van der Waals surface area contributed by atoms with Crippen molar-refractivity contribution in [3.8, 4) is 11.5 Å². The Morgan fingerprint density at radius 3 is 2.59 bits per heavy atom. The first-order valence-corrected chi connectivity index (χ1v) is 6.09. The van der Waals surface area contributed by atoms with E-state index in [0.29, 0.717) is 25.4 Å². The van der Waals surface area contributed by atoms with Gasteiger partial charge < -0.3 is 9.47 Å². The van der Waals surface area contributed by atoms with E-state index in [1.807, 2.05) is 6.07 Å². The topological polar surface area (TPSA) is 35.5 Å². The minimum atomic E-state index is 0.106. The van der Waals surface area contributed by atoms with E-state index in [1.165, 1.54) is 5.56 Å². The van der Waals surface area contributed by atoms with Gasteiger partial charge in [-0.3, -0.25) is 4.79 Å². The molecule has 17 heavy (non-hydrogen) atoms. The molecule has 90 valence electrons. The fraction of sp³-hybridized carbons (Fsp3) is 0.500. The van der Waals surface area contributed by atoms with Crippen molar-refractivity contribution in [2.75, 3.05) is 6.79 Å². The summed E-state index contributed by atoms with van der Waals surface area (Å²) in [5, 5.41) is 0. The van der Waals surface area contributed by atoms with Crippen LogP contribution < -0.4 is 9.47 Å². The summed E-state index contributed by atoms with van der Waals surface area (Å²) in [5.74, 6) is 2.05. The van der Waals surface area contributed by atoms with Gasteiger partial charge in [-0.05, 0) is 36.0 Å². The molecule has 1 saturated carbocycles. The maximum Gasteiger partial charge on any atom is 0.231 e. The predicted octanol–water partition coefficient (Wildman–Crippen LogP) is 2.82. The summed E-state index contributed by atoms with van der Waals surface area (Å²) in [4.78, 5) is 11.3. The van der Waals surface area contributed by atoms with Crippen LogP contribution in [-0.2, 0) is 10.2 Å². The van der Waals surface area contributed by atoms with Crippen LogP contribution in [0.3, 0.4) is 0 Å². The van der Waals surface area contributed by atoms with Crippen LogP contribution in [0.25, 0.3) is 0 Å². The van der Waals surface area contributed by atoms with Gasteiger partial charge in [0.05, 0.1) is 0 Å². The van der Waals surface area contributed by atoms with Crippen molar-refractivity contribution in [1.29, 1.82) is 0 Å². The van der Waals surface area contributed by atoms with Crippen molar-refractivity contribution in [2.45, 2.75) is 38.0 Å². The molecule has 0 atom stereocenters. The molecule has 0 bridgehead atoms. The first-order valence-electron chi connectivity index (χ1n) is 6.09. The van der Waals surface area contributed by atoms with Gasteiger partial charge in [0.2, 0.25) is 6.79 Å². The maximum absolute atomic E-state index is 11.3. The summed E-state index contributed by atoms with van der Waals surface area (Å²) < 4.78 is 10.7. The third-order valence-corrected chi connectivity index (χ3v) is 3.98. The summed E-state index contributed by atoms with van der Waals surface area (Å²) >= 11 is 0. The lowest BCUT2D eigenvalue weighted by Crippen LogP contribution is -2.28. The summed E-state index contributed by atoms with van der Waals surface area (Å²) in [6.45, 7) is 2.55. The predicted molar refractivity (Wildman–Crippen MR) is 63.4 cm³/mol. The monoisotopic (exact) mass is 232 g/mol. The molecule has 0 spiro atoms. The van der Waals surface area contributed by atoms with E-state index < -0.39 is 0 Å². The van der Waals surface area contributed by atoms with Gasteiger partial charge in [-0.15, -0.1) is 0 Å². The van der Waals surface area contributed by atoms with Crippen molar-refractivity contribution >= 4 is 5.78 Å². The summed E-state index contributed by atoms with van der Waals surface area (Å²) in [6, 6.07) is 6.14. The van der Waals surface area contributed by atoms with Gasteiger partial charge in [-0.2, -0.15) is 0 Å². The van der Waals surface area contributed by atoms with Gasteiger partial charge in [0.15, 0.2) is 11.5 Å². The number of hydrogen-bond acceptors (Lipinski definition) is 3. The lowest BCUT2D eigenvalue weighted by molar-refractivity contribution is -0.121. The molecule has 0 saturated heterocycles. The first-order chi connectivity index (χ1) is 8.17.